The number of benzene rings is 3. The Labute approximate surface area is 177 Å². The summed E-state index contributed by atoms with van der Waals surface area (Å²) >= 11 is 2.06. The lowest BCUT2D eigenvalue weighted by Crippen LogP contribution is -2.16. The molecule has 4 heteroatoms. The molecule has 3 aromatic carbocycles. The van der Waals surface area contributed by atoms with Gasteiger partial charge in [-0.2, -0.15) is 0 Å². The average molecular weight is 489 g/mol. The van der Waals surface area contributed by atoms with Crippen molar-refractivity contribution in [1.82, 2.24) is 0 Å². The first-order valence-corrected chi connectivity index (χ1v) is 11.2. The monoisotopic (exact) mass is 489 g/mol. The van der Waals surface area contributed by atoms with E-state index in [-0.39, 0.29) is 20.8 Å². The Morgan fingerprint density at radius 2 is 1.15 bits per heavy atom. The van der Waals surface area contributed by atoms with Crippen LogP contribution < -0.4 is 4.74 Å². The van der Waals surface area contributed by atoms with Gasteiger partial charge >= 0.3 is 5.97 Å². The van der Waals surface area contributed by atoms with Gasteiger partial charge in [-0.15, -0.1) is 0 Å². The molecule has 0 saturated carbocycles. The number of hydrogen-bond donors (Lipinski definition) is 0. The third kappa shape index (κ3) is 5.14. The van der Waals surface area contributed by atoms with Crippen molar-refractivity contribution >= 4 is 39.5 Å². The van der Waals surface area contributed by atoms with E-state index in [1.165, 1.54) is 25.8 Å². The van der Waals surface area contributed by atoms with Crippen molar-refractivity contribution in [3.8, 4) is 5.75 Å². The van der Waals surface area contributed by atoms with Crippen molar-refractivity contribution in [2.45, 2.75) is 39.4 Å². The third-order valence-electron chi connectivity index (χ3n) is 4.12. The summed E-state index contributed by atoms with van der Waals surface area (Å²) < 4.78 is 5.24. The lowest BCUT2D eigenvalue weighted by atomic mass is 10.2. The van der Waals surface area contributed by atoms with Crippen LogP contribution in [0.5, 0.6) is 5.75 Å². The smallest absolute Gasteiger partial charge is 0.323 e. The summed E-state index contributed by atoms with van der Waals surface area (Å²) in [7, 11) is -0.203. The molecule has 0 heterocycles. The van der Waals surface area contributed by atoms with Crippen LogP contribution in [0, 0.1) is 13.8 Å². The Kier molecular flexibility index (Phi) is 6.60. The first kappa shape index (κ1) is 20.0. The zero-order valence-electron chi connectivity index (χ0n) is 15.6. The molecule has 0 N–H and O–H groups in total. The lowest BCUT2D eigenvalue weighted by Gasteiger charge is -2.10. The van der Waals surface area contributed by atoms with E-state index >= 15 is 0 Å². The fourth-order valence-corrected chi connectivity index (χ4v) is 4.77. The van der Waals surface area contributed by atoms with Gasteiger partial charge in [0.05, 0.1) is 10.9 Å². The zero-order chi connectivity index (χ0) is 19.4. The Morgan fingerprint density at radius 3 is 1.52 bits per heavy atom. The van der Waals surface area contributed by atoms with Crippen LogP contribution in [-0.2, 0) is 15.7 Å². The van der Waals surface area contributed by atoms with E-state index in [0.29, 0.717) is 5.75 Å². The molecule has 0 spiro atoms. The molecule has 0 aliphatic carbocycles. The largest absolute Gasteiger partial charge is 0.426 e. The average Bonchev–Trinajstić information content (AvgIpc) is 2.66. The van der Waals surface area contributed by atoms with E-state index in [1.807, 2.05) is 19.1 Å². The molecule has 0 bridgehead atoms. The highest BCUT2D eigenvalue weighted by Gasteiger charge is 2.28. The Balaban J connectivity index is 1.96. The second kappa shape index (κ2) is 8.93. The molecular weight excluding hydrogens is 467 g/mol. The standard InChI is InChI=1S/C23H22IO2S/c1-16-4-10-20(11-5-16)27(21-12-6-17(2)7-13-21)22-14-8-19(9-15-22)26-23(25)18(3)24/h4-15,18H,1-3H3/q+1. The van der Waals surface area contributed by atoms with Crippen LogP contribution in [-0.4, -0.2) is 9.89 Å². The van der Waals surface area contributed by atoms with Crippen molar-refractivity contribution in [3.05, 3.63) is 83.9 Å². The summed E-state index contributed by atoms with van der Waals surface area (Å²) in [6.45, 7) is 6.03. The Hall–Kier alpha value is -1.79. The third-order valence-corrected chi connectivity index (χ3v) is 6.86. The molecule has 1 atom stereocenters. The molecule has 0 radical (unpaired) electrons. The maximum absolute atomic E-state index is 11.8. The summed E-state index contributed by atoms with van der Waals surface area (Å²) in [6, 6.07) is 25.3. The van der Waals surface area contributed by atoms with Crippen LogP contribution in [0.15, 0.2) is 87.5 Å². The van der Waals surface area contributed by atoms with Gasteiger partial charge in [0.1, 0.15) is 9.67 Å². The van der Waals surface area contributed by atoms with Crippen molar-refractivity contribution in [1.29, 1.82) is 0 Å². The maximum Gasteiger partial charge on any atom is 0.323 e. The van der Waals surface area contributed by atoms with E-state index in [4.69, 9.17) is 4.74 Å². The molecule has 27 heavy (non-hydrogen) atoms. The summed E-state index contributed by atoms with van der Waals surface area (Å²) in [5, 5.41) is 0. The number of halogens is 1. The number of hydrogen-bond acceptors (Lipinski definition) is 2. The molecule has 1 unspecified atom stereocenters. The van der Waals surface area contributed by atoms with E-state index in [0.717, 1.165) is 0 Å². The molecule has 0 saturated heterocycles. The number of ether oxygens (including phenoxy) is 1. The van der Waals surface area contributed by atoms with Crippen LogP contribution in [0.4, 0.5) is 0 Å². The quantitative estimate of drug-likeness (QED) is 0.142. The second-order valence-electron chi connectivity index (χ2n) is 6.44. The van der Waals surface area contributed by atoms with Crippen LogP contribution in [0.2, 0.25) is 0 Å². The molecule has 2 nitrogen and oxygen atoms in total. The second-order valence-corrected chi connectivity index (χ2v) is 10.3. The van der Waals surface area contributed by atoms with E-state index in [2.05, 4.69) is 97.1 Å². The highest BCUT2D eigenvalue weighted by atomic mass is 127. The summed E-state index contributed by atoms with van der Waals surface area (Å²) in [6.07, 6.45) is 0. The molecule has 0 aromatic heterocycles. The zero-order valence-corrected chi connectivity index (χ0v) is 18.6. The van der Waals surface area contributed by atoms with Crippen molar-refractivity contribution < 1.29 is 9.53 Å². The molecule has 0 amide bonds. The predicted molar refractivity (Wildman–Crippen MR) is 120 cm³/mol. The maximum atomic E-state index is 11.8. The fraction of sp³-hybridized carbons (Fsp3) is 0.174. The van der Waals surface area contributed by atoms with Crippen LogP contribution in [0.25, 0.3) is 0 Å². The minimum atomic E-state index is -0.223. The van der Waals surface area contributed by atoms with Gasteiger partial charge in [0.15, 0.2) is 14.7 Å². The van der Waals surface area contributed by atoms with Gasteiger partial charge in [-0.1, -0.05) is 58.0 Å². The first-order valence-electron chi connectivity index (χ1n) is 8.77. The molecule has 0 aliphatic heterocycles. The number of rotatable bonds is 5. The topological polar surface area (TPSA) is 26.3 Å². The highest BCUT2D eigenvalue weighted by molar-refractivity contribution is 14.1. The van der Waals surface area contributed by atoms with E-state index in [1.54, 1.807) is 0 Å². The number of carbonyl (C=O) groups is 1. The molecule has 3 aromatic rings. The molecule has 3 rings (SSSR count). The minimum Gasteiger partial charge on any atom is -0.426 e. The highest BCUT2D eigenvalue weighted by Crippen LogP contribution is 2.32. The predicted octanol–water partition coefficient (Wildman–Crippen LogP) is 6.13. The Bertz CT molecular complexity index is 855. The molecule has 0 fully saturated rings. The van der Waals surface area contributed by atoms with Gasteiger partial charge < -0.3 is 4.74 Å². The number of carbonyl (C=O) groups excluding carboxylic acids is 1. The van der Waals surface area contributed by atoms with Gasteiger partial charge in [0, 0.05) is 0 Å². The minimum absolute atomic E-state index is 0.169. The Morgan fingerprint density at radius 1 is 0.778 bits per heavy atom. The van der Waals surface area contributed by atoms with Crippen molar-refractivity contribution in [3.63, 3.8) is 0 Å². The van der Waals surface area contributed by atoms with Gasteiger partial charge in [-0.25, -0.2) is 0 Å². The summed E-state index contributed by atoms with van der Waals surface area (Å²) in [5.74, 6) is 0.364. The number of esters is 1. The number of aryl methyl sites for hydroxylation is 2. The van der Waals surface area contributed by atoms with Gasteiger partial charge in [-0.3, -0.25) is 4.79 Å². The molecular formula is C23H22IO2S+. The normalized spacial score (nSPS) is 12.0. The lowest BCUT2D eigenvalue weighted by molar-refractivity contribution is -0.133. The van der Waals surface area contributed by atoms with Crippen LogP contribution >= 0.6 is 22.6 Å². The van der Waals surface area contributed by atoms with Crippen LogP contribution in [0.1, 0.15) is 18.1 Å². The molecule has 138 valence electrons. The van der Waals surface area contributed by atoms with Gasteiger partial charge in [-0.05, 0) is 69.3 Å². The fourth-order valence-electron chi connectivity index (χ4n) is 2.60. The van der Waals surface area contributed by atoms with Crippen LogP contribution in [0.3, 0.4) is 0 Å². The summed E-state index contributed by atoms with van der Waals surface area (Å²) in [5.41, 5.74) is 2.50. The summed E-state index contributed by atoms with van der Waals surface area (Å²) in [4.78, 5) is 15.6. The van der Waals surface area contributed by atoms with Gasteiger partial charge in [0.25, 0.3) is 0 Å². The van der Waals surface area contributed by atoms with E-state index < -0.39 is 0 Å². The first-order chi connectivity index (χ1) is 12.9. The molecule has 0 aliphatic rings. The number of alkyl halides is 1. The van der Waals surface area contributed by atoms with Crippen molar-refractivity contribution in [2.75, 3.05) is 0 Å². The SMILES string of the molecule is Cc1ccc([S+](c2ccc(C)cc2)c2ccc(OC(=O)C(C)I)cc2)cc1. The van der Waals surface area contributed by atoms with Gasteiger partial charge in [0.2, 0.25) is 0 Å². The van der Waals surface area contributed by atoms with Crippen molar-refractivity contribution in [2.24, 2.45) is 0 Å². The van der Waals surface area contributed by atoms with E-state index in [9.17, 15) is 4.79 Å².